The number of halogens is 4. The number of aromatic nitrogens is 1. The van der Waals surface area contributed by atoms with Gasteiger partial charge in [0.2, 0.25) is 0 Å². The zero-order valence-electron chi connectivity index (χ0n) is 9.51. The first-order valence-electron chi connectivity index (χ1n) is 5.13. The van der Waals surface area contributed by atoms with Gasteiger partial charge < -0.3 is 4.42 Å². The van der Waals surface area contributed by atoms with Crippen LogP contribution in [0.4, 0.5) is 13.2 Å². The summed E-state index contributed by atoms with van der Waals surface area (Å²) in [5.74, 6) is -0.788. The van der Waals surface area contributed by atoms with E-state index >= 15 is 0 Å². The molecule has 0 fully saturated rings. The highest BCUT2D eigenvalue weighted by Crippen LogP contribution is 2.37. The molecular formula is C11H9BrF3NO2. The van der Waals surface area contributed by atoms with E-state index in [1.165, 1.54) is 6.07 Å². The van der Waals surface area contributed by atoms with Crippen molar-refractivity contribution in [3.8, 4) is 0 Å². The van der Waals surface area contributed by atoms with Crippen molar-refractivity contribution in [2.45, 2.75) is 26.1 Å². The highest BCUT2D eigenvalue weighted by Gasteiger charge is 2.36. The van der Waals surface area contributed by atoms with Crippen molar-refractivity contribution in [1.29, 1.82) is 0 Å². The quantitative estimate of drug-likeness (QED) is 0.796. The summed E-state index contributed by atoms with van der Waals surface area (Å²) in [6.45, 7) is 3.25. The molecule has 7 heteroatoms. The monoisotopic (exact) mass is 323 g/mol. The second-order valence-corrected chi connectivity index (χ2v) is 5.05. The number of fused-ring (bicyclic) bond motifs is 1. The summed E-state index contributed by atoms with van der Waals surface area (Å²) >= 11 is 2.98. The zero-order chi connectivity index (χ0) is 13.7. The Morgan fingerprint density at radius 2 is 1.94 bits per heavy atom. The summed E-state index contributed by atoms with van der Waals surface area (Å²) in [7, 11) is 0. The number of hydrogen-bond acceptors (Lipinski definition) is 2. The second-order valence-electron chi connectivity index (χ2n) is 4.13. The molecule has 0 atom stereocenters. The van der Waals surface area contributed by atoms with E-state index in [-0.39, 0.29) is 15.6 Å². The summed E-state index contributed by atoms with van der Waals surface area (Å²) in [6, 6.07) is 1.88. The van der Waals surface area contributed by atoms with Crippen LogP contribution in [-0.4, -0.2) is 4.57 Å². The number of rotatable bonds is 1. The van der Waals surface area contributed by atoms with Crippen LogP contribution >= 0.6 is 15.9 Å². The largest absolute Gasteiger partial charge is 0.420 e. The van der Waals surface area contributed by atoms with Gasteiger partial charge in [0, 0.05) is 10.5 Å². The van der Waals surface area contributed by atoms with E-state index in [0.29, 0.717) is 0 Å². The maximum absolute atomic E-state index is 13.0. The van der Waals surface area contributed by atoms with Gasteiger partial charge >= 0.3 is 11.9 Å². The van der Waals surface area contributed by atoms with Crippen molar-refractivity contribution >= 4 is 27.0 Å². The van der Waals surface area contributed by atoms with E-state index in [0.717, 1.165) is 10.6 Å². The maximum atomic E-state index is 13.0. The third kappa shape index (κ3) is 2.07. The molecule has 0 aliphatic carbocycles. The zero-order valence-corrected chi connectivity index (χ0v) is 11.1. The van der Waals surface area contributed by atoms with E-state index < -0.39 is 23.5 Å². The molecular weight excluding hydrogens is 315 g/mol. The standard InChI is InChI=1S/C11H9BrF3NO2/c1-5(2)16-9-7(11(13,14)15)3-6(12)4-8(9)18-10(16)17/h3-5H,1-2H3. The van der Waals surface area contributed by atoms with Crippen LogP contribution in [0.1, 0.15) is 25.5 Å². The molecule has 0 saturated carbocycles. The number of benzene rings is 1. The molecule has 1 aromatic carbocycles. The third-order valence-electron chi connectivity index (χ3n) is 2.50. The first-order chi connectivity index (χ1) is 8.21. The van der Waals surface area contributed by atoms with Crippen molar-refractivity contribution in [3.63, 3.8) is 0 Å². The van der Waals surface area contributed by atoms with E-state index in [4.69, 9.17) is 4.42 Å². The first-order valence-corrected chi connectivity index (χ1v) is 5.93. The molecule has 98 valence electrons. The summed E-state index contributed by atoms with van der Waals surface area (Å²) in [4.78, 5) is 11.6. The van der Waals surface area contributed by atoms with Gasteiger partial charge in [-0.3, -0.25) is 4.57 Å². The van der Waals surface area contributed by atoms with Crippen LogP contribution in [0, 0.1) is 0 Å². The van der Waals surface area contributed by atoms with Crippen LogP contribution in [0.5, 0.6) is 0 Å². The molecule has 0 aliphatic heterocycles. The average molecular weight is 324 g/mol. The Bertz CT molecular complexity index is 655. The van der Waals surface area contributed by atoms with Crippen molar-refractivity contribution < 1.29 is 17.6 Å². The van der Waals surface area contributed by atoms with E-state index in [1.807, 2.05) is 0 Å². The highest BCUT2D eigenvalue weighted by atomic mass is 79.9. The number of nitrogens with zero attached hydrogens (tertiary/aromatic N) is 1. The summed E-state index contributed by atoms with van der Waals surface area (Å²) < 4.78 is 45.0. The van der Waals surface area contributed by atoms with E-state index in [9.17, 15) is 18.0 Å². The predicted octanol–water partition coefficient (Wildman–Crippen LogP) is 3.96. The first kappa shape index (κ1) is 13.2. The molecule has 2 rings (SSSR count). The number of alkyl halides is 3. The molecule has 3 nitrogen and oxygen atoms in total. The Morgan fingerprint density at radius 3 is 2.44 bits per heavy atom. The average Bonchev–Trinajstić information content (AvgIpc) is 2.50. The predicted molar refractivity (Wildman–Crippen MR) is 63.6 cm³/mol. The molecule has 0 bridgehead atoms. The van der Waals surface area contributed by atoms with Crippen LogP contribution in [0.25, 0.3) is 11.1 Å². The van der Waals surface area contributed by atoms with Gasteiger partial charge in [0.25, 0.3) is 0 Å². The molecule has 1 aromatic heterocycles. The topological polar surface area (TPSA) is 35.1 Å². The maximum Gasteiger partial charge on any atom is 0.420 e. The third-order valence-corrected chi connectivity index (χ3v) is 2.95. The Labute approximate surface area is 108 Å². The fourth-order valence-corrected chi connectivity index (χ4v) is 2.26. The second kappa shape index (κ2) is 4.15. The fourth-order valence-electron chi connectivity index (χ4n) is 1.82. The number of oxazole rings is 1. The van der Waals surface area contributed by atoms with Gasteiger partial charge in [0.05, 0.1) is 5.56 Å². The molecule has 0 radical (unpaired) electrons. The molecule has 0 aliphatic rings. The molecule has 2 aromatic rings. The normalized spacial score (nSPS) is 12.6. The summed E-state index contributed by atoms with van der Waals surface area (Å²) in [5.41, 5.74) is -1.17. The fraction of sp³-hybridized carbons (Fsp3) is 0.364. The Kier molecular flexibility index (Phi) is 3.04. The lowest BCUT2D eigenvalue weighted by Crippen LogP contribution is -2.18. The SMILES string of the molecule is CC(C)n1c(=O)oc2cc(Br)cc(C(F)(F)F)c21. The molecule has 0 saturated heterocycles. The molecule has 0 amide bonds. The van der Waals surface area contributed by atoms with Crippen LogP contribution in [0.15, 0.2) is 25.8 Å². The summed E-state index contributed by atoms with van der Waals surface area (Å²) in [6.07, 6.45) is -4.55. The van der Waals surface area contributed by atoms with Gasteiger partial charge in [-0.15, -0.1) is 0 Å². The van der Waals surface area contributed by atoms with Crippen molar-refractivity contribution in [2.75, 3.05) is 0 Å². The Morgan fingerprint density at radius 1 is 1.33 bits per heavy atom. The highest BCUT2D eigenvalue weighted by molar-refractivity contribution is 9.10. The molecule has 0 spiro atoms. The van der Waals surface area contributed by atoms with E-state index in [2.05, 4.69) is 15.9 Å². The van der Waals surface area contributed by atoms with E-state index in [1.54, 1.807) is 13.8 Å². The lowest BCUT2D eigenvalue weighted by Gasteiger charge is -2.12. The molecule has 18 heavy (non-hydrogen) atoms. The van der Waals surface area contributed by atoms with Crippen molar-refractivity contribution in [2.24, 2.45) is 0 Å². The van der Waals surface area contributed by atoms with Gasteiger partial charge in [0.15, 0.2) is 5.58 Å². The Balaban J connectivity index is 2.97. The van der Waals surface area contributed by atoms with Gasteiger partial charge in [-0.2, -0.15) is 13.2 Å². The van der Waals surface area contributed by atoms with Gasteiger partial charge in [-0.1, -0.05) is 15.9 Å². The van der Waals surface area contributed by atoms with Crippen LogP contribution in [0.3, 0.4) is 0 Å². The Hall–Kier alpha value is -1.24. The van der Waals surface area contributed by atoms with Crippen LogP contribution in [0.2, 0.25) is 0 Å². The minimum Gasteiger partial charge on any atom is -0.408 e. The van der Waals surface area contributed by atoms with Crippen LogP contribution in [-0.2, 0) is 6.18 Å². The minimum atomic E-state index is -4.55. The molecule has 0 unspecified atom stereocenters. The van der Waals surface area contributed by atoms with Gasteiger partial charge in [-0.05, 0) is 26.0 Å². The minimum absolute atomic E-state index is 0.0737. The number of hydrogen-bond donors (Lipinski definition) is 0. The smallest absolute Gasteiger partial charge is 0.408 e. The van der Waals surface area contributed by atoms with Gasteiger partial charge in [0.1, 0.15) is 5.52 Å². The summed E-state index contributed by atoms with van der Waals surface area (Å²) in [5, 5.41) is 0. The van der Waals surface area contributed by atoms with Crippen molar-refractivity contribution in [3.05, 3.63) is 32.7 Å². The van der Waals surface area contributed by atoms with Gasteiger partial charge in [-0.25, -0.2) is 4.79 Å². The molecule has 0 N–H and O–H groups in total. The molecule has 1 heterocycles. The lowest BCUT2D eigenvalue weighted by atomic mass is 10.1. The van der Waals surface area contributed by atoms with Crippen molar-refractivity contribution in [1.82, 2.24) is 4.57 Å². The lowest BCUT2D eigenvalue weighted by molar-refractivity contribution is -0.136. The van der Waals surface area contributed by atoms with Crippen LogP contribution < -0.4 is 5.76 Å².